The van der Waals surface area contributed by atoms with Gasteiger partial charge in [-0.3, -0.25) is 19.5 Å². The van der Waals surface area contributed by atoms with E-state index < -0.39 is 5.41 Å². The number of nitrogens with one attached hydrogen (secondary N) is 1. The summed E-state index contributed by atoms with van der Waals surface area (Å²) in [5.41, 5.74) is 0.575. The van der Waals surface area contributed by atoms with Crippen LogP contribution >= 0.6 is 0 Å². The van der Waals surface area contributed by atoms with Gasteiger partial charge in [0, 0.05) is 44.3 Å². The molecule has 0 bridgehead atoms. The molecule has 0 aromatic carbocycles. The molecule has 1 aliphatic heterocycles. The standard InChI is InChI=1S/C17H26N4O2/c1-17(2,3)16(23)19-12-15(22)21-10-8-20(9-11-21)13-14-6-4-5-7-18-14/h4-7H,8-13H2,1-3H3,(H,19,23). The molecule has 1 aliphatic rings. The molecular formula is C17H26N4O2. The van der Waals surface area contributed by atoms with Crippen molar-refractivity contribution in [2.45, 2.75) is 27.3 Å². The van der Waals surface area contributed by atoms with Crippen LogP contribution in [0.2, 0.25) is 0 Å². The van der Waals surface area contributed by atoms with Crippen molar-refractivity contribution in [2.75, 3.05) is 32.7 Å². The van der Waals surface area contributed by atoms with Gasteiger partial charge in [0.05, 0.1) is 12.2 Å². The summed E-state index contributed by atoms with van der Waals surface area (Å²) in [5.74, 6) is -0.111. The molecule has 6 heteroatoms. The fourth-order valence-corrected chi connectivity index (χ4v) is 2.41. The molecule has 0 spiro atoms. The van der Waals surface area contributed by atoms with Gasteiger partial charge in [-0.2, -0.15) is 0 Å². The lowest BCUT2D eigenvalue weighted by Crippen LogP contribution is -2.51. The molecule has 2 amide bonds. The van der Waals surface area contributed by atoms with E-state index in [9.17, 15) is 9.59 Å². The van der Waals surface area contributed by atoms with E-state index >= 15 is 0 Å². The van der Waals surface area contributed by atoms with Crippen LogP contribution in [0.4, 0.5) is 0 Å². The van der Waals surface area contributed by atoms with E-state index in [1.54, 1.807) is 6.20 Å². The van der Waals surface area contributed by atoms with Crippen molar-refractivity contribution in [2.24, 2.45) is 5.41 Å². The summed E-state index contributed by atoms with van der Waals surface area (Å²) in [4.78, 5) is 32.4. The first kappa shape index (κ1) is 17.4. The number of piperazine rings is 1. The van der Waals surface area contributed by atoms with E-state index in [0.29, 0.717) is 13.1 Å². The molecule has 0 unspecified atom stereocenters. The predicted octanol–water partition coefficient (Wildman–Crippen LogP) is 0.888. The van der Waals surface area contributed by atoms with E-state index in [0.717, 1.165) is 25.3 Å². The number of aromatic nitrogens is 1. The van der Waals surface area contributed by atoms with E-state index in [-0.39, 0.29) is 18.4 Å². The van der Waals surface area contributed by atoms with Crippen molar-refractivity contribution in [1.29, 1.82) is 0 Å². The van der Waals surface area contributed by atoms with Crippen molar-refractivity contribution in [3.63, 3.8) is 0 Å². The Hall–Kier alpha value is -1.95. The number of nitrogens with zero attached hydrogens (tertiary/aromatic N) is 3. The van der Waals surface area contributed by atoms with Crippen molar-refractivity contribution in [3.8, 4) is 0 Å². The molecule has 1 fully saturated rings. The highest BCUT2D eigenvalue weighted by atomic mass is 16.2. The van der Waals surface area contributed by atoms with Gasteiger partial charge in [-0.15, -0.1) is 0 Å². The van der Waals surface area contributed by atoms with Crippen molar-refractivity contribution < 1.29 is 9.59 Å². The second kappa shape index (κ2) is 7.55. The maximum Gasteiger partial charge on any atom is 0.242 e. The van der Waals surface area contributed by atoms with E-state index in [1.165, 1.54) is 0 Å². The molecule has 1 aromatic heterocycles. The molecule has 2 heterocycles. The first-order valence-corrected chi connectivity index (χ1v) is 8.04. The van der Waals surface area contributed by atoms with Crippen LogP contribution in [0.15, 0.2) is 24.4 Å². The fraction of sp³-hybridized carbons (Fsp3) is 0.588. The fourth-order valence-electron chi connectivity index (χ4n) is 2.41. The average Bonchev–Trinajstić information content (AvgIpc) is 2.53. The first-order chi connectivity index (χ1) is 10.9. The van der Waals surface area contributed by atoms with Gasteiger partial charge < -0.3 is 10.2 Å². The van der Waals surface area contributed by atoms with Gasteiger partial charge in [0.1, 0.15) is 0 Å². The molecular weight excluding hydrogens is 292 g/mol. The average molecular weight is 318 g/mol. The number of hydrogen-bond acceptors (Lipinski definition) is 4. The van der Waals surface area contributed by atoms with Crippen LogP contribution in [0.5, 0.6) is 0 Å². The Morgan fingerprint density at radius 1 is 1.17 bits per heavy atom. The van der Waals surface area contributed by atoms with Gasteiger partial charge in [-0.1, -0.05) is 26.8 Å². The van der Waals surface area contributed by atoms with Crippen LogP contribution in [0.1, 0.15) is 26.5 Å². The number of amides is 2. The molecule has 0 atom stereocenters. The van der Waals surface area contributed by atoms with Gasteiger partial charge in [0.2, 0.25) is 11.8 Å². The van der Waals surface area contributed by atoms with Crippen molar-refractivity contribution >= 4 is 11.8 Å². The highest BCUT2D eigenvalue weighted by Gasteiger charge is 2.24. The molecule has 2 rings (SSSR count). The van der Waals surface area contributed by atoms with Gasteiger partial charge in [0.15, 0.2) is 0 Å². The molecule has 0 radical (unpaired) electrons. The monoisotopic (exact) mass is 318 g/mol. The Morgan fingerprint density at radius 2 is 1.87 bits per heavy atom. The van der Waals surface area contributed by atoms with E-state index in [4.69, 9.17) is 0 Å². The Kier molecular flexibility index (Phi) is 5.71. The summed E-state index contributed by atoms with van der Waals surface area (Å²) in [7, 11) is 0. The molecule has 0 aliphatic carbocycles. The van der Waals surface area contributed by atoms with Crippen molar-refractivity contribution in [1.82, 2.24) is 20.1 Å². The Labute approximate surface area is 137 Å². The minimum atomic E-state index is -0.471. The number of carbonyl (C=O) groups excluding carboxylic acids is 2. The molecule has 23 heavy (non-hydrogen) atoms. The molecule has 6 nitrogen and oxygen atoms in total. The van der Waals surface area contributed by atoms with Gasteiger partial charge in [-0.25, -0.2) is 0 Å². The zero-order valence-electron chi connectivity index (χ0n) is 14.2. The van der Waals surface area contributed by atoms with Crippen LogP contribution in [0.25, 0.3) is 0 Å². The Balaban J connectivity index is 1.73. The summed E-state index contributed by atoms with van der Waals surface area (Å²) in [6, 6.07) is 5.91. The molecule has 1 aromatic rings. The van der Waals surface area contributed by atoms with Crippen LogP contribution in [0.3, 0.4) is 0 Å². The second-order valence-corrected chi connectivity index (χ2v) is 6.91. The zero-order chi connectivity index (χ0) is 16.9. The number of pyridine rings is 1. The molecule has 1 N–H and O–H groups in total. The number of hydrogen-bond donors (Lipinski definition) is 1. The summed E-state index contributed by atoms with van der Waals surface area (Å²) in [6.45, 7) is 9.44. The maximum atomic E-state index is 12.2. The predicted molar refractivity (Wildman–Crippen MR) is 88.6 cm³/mol. The summed E-state index contributed by atoms with van der Waals surface area (Å²) in [5, 5.41) is 2.72. The summed E-state index contributed by atoms with van der Waals surface area (Å²) < 4.78 is 0. The van der Waals surface area contributed by atoms with Gasteiger partial charge in [-0.05, 0) is 12.1 Å². The molecule has 0 saturated carbocycles. The van der Waals surface area contributed by atoms with E-state index in [2.05, 4.69) is 15.2 Å². The third-order valence-corrected chi connectivity index (χ3v) is 3.92. The molecule has 126 valence electrons. The van der Waals surface area contributed by atoms with Crippen LogP contribution in [-0.2, 0) is 16.1 Å². The minimum absolute atomic E-state index is 0.0138. The first-order valence-electron chi connectivity index (χ1n) is 8.04. The van der Waals surface area contributed by atoms with Crippen LogP contribution < -0.4 is 5.32 Å². The van der Waals surface area contributed by atoms with Crippen LogP contribution in [0, 0.1) is 5.41 Å². The zero-order valence-corrected chi connectivity index (χ0v) is 14.2. The van der Waals surface area contributed by atoms with Gasteiger partial charge >= 0.3 is 0 Å². The van der Waals surface area contributed by atoms with Crippen LogP contribution in [-0.4, -0.2) is 59.3 Å². The smallest absolute Gasteiger partial charge is 0.242 e. The minimum Gasteiger partial charge on any atom is -0.347 e. The lowest BCUT2D eigenvalue weighted by Gasteiger charge is -2.34. The Bertz CT molecular complexity index is 531. The lowest BCUT2D eigenvalue weighted by molar-refractivity contribution is -0.136. The Morgan fingerprint density at radius 3 is 2.43 bits per heavy atom. The van der Waals surface area contributed by atoms with E-state index in [1.807, 2.05) is 43.9 Å². The topological polar surface area (TPSA) is 65.5 Å². The second-order valence-electron chi connectivity index (χ2n) is 6.91. The SMILES string of the molecule is CC(C)(C)C(=O)NCC(=O)N1CCN(Cc2ccccn2)CC1. The summed E-state index contributed by atoms with van der Waals surface area (Å²) >= 11 is 0. The number of carbonyl (C=O) groups is 2. The number of rotatable bonds is 4. The normalized spacial score (nSPS) is 16.2. The van der Waals surface area contributed by atoms with Crippen molar-refractivity contribution in [3.05, 3.63) is 30.1 Å². The third-order valence-electron chi connectivity index (χ3n) is 3.92. The highest BCUT2D eigenvalue weighted by molar-refractivity contribution is 5.87. The highest BCUT2D eigenvalue weighted by Crippen LogP contribution is 2.12. The van der Waals surface area contributed by atoms with Gasteiger partial charge in [0.25, 0.3) is 0 Å². The maximum absolute atomic E-state index is 12.2. The largest absolute Gasteiger partial charge is 0.347 e. The lowest BCUT2D eigenvalue weighted by atomic mass is 9.96. The summed E-state index contributed by atoms with van der Waals surface area (Å²) in [6.07, 6.45) is 1.80. The molecule has 1 saturated heterocycles. The third kappa shape index (κ3) is 5.32. The quantitative estimate of drug-likeness (QED) is 0.895.